The fourth-order valence-electron chi connectivity index (χ4n) is 0.0786. The molecule has 0 rings (SSSR count). The molecule has 0 aromatic rings. The molecule has 1 unspecified atom stereocenters. The number of hydrogen-bond acceptors (Lipinski definition) is 3. The maximum atomic E-state index is 9.39. The Labute approximate surface area is 65.0 Å². The summed E-state index contributed by atoms with van der Waals surface area (Å²) in [4.78, 5) is 9.31. The average Bonchev–Trinajstić information content (AvgIpc) is 1.61. The van der Waals surface area contributed by atoms with E-state index in [-0.39, 0.29) is 36.2 Å². The number of aldehydes is 1. The summed E-state index contributed by atoms with van der Waals surface area (Å²) in [6.07, 6.45) is 0.560. The Morgan fingerprint density at radius 3 is 2.43 bits per heavy atom. The van der Waals surface area contributed by atoms with E-state index in [0.717, 1.165) is 0 Å². The Morgan fingerprint density at radius 2 is 2.29 bits per heavy atom. The zero-order chi connectivity index (χ0) is 4.83. The molecule has 0 bridgehead atoms. The second-order valence-corrected chi connectivity index (χ2v) is 1.12. The number of carbonyl (C=O) groups excluding carboxylic acids is 1. The van der Waals surface area contributed by atoms with Gasteiger partial charge in [-0.2, -0.15) is 0 Å². The average molecular weight is 131 g/mol. The van der Waals surface area contributed by atoms with Crippen LogP contribution >= 0.6 is 8.69 Å². The normalized spacial score (nSPS) is 8.57. The molecule has 3 nitrogen and oxygen atoms in total. The van der Waals surface area contributed by atoms with Crippen molar-refractivity contribution in [2.45, 2.75) is 0 Å². The van der Waals surface area contributed by atoms with Crippen LogP contribution in [-0.4, -0.2) is 42.5 Å². The summed E-state index contributed by atoms with van der Waals surface area (Å²) in [5.74, 6) is 0. The molecule has 0 saturated carbocycles. The van der Waals surface area contributed by atoms with E-state index in [1.54, 1.807) is 0 Å². The Morgan fingerprint density at radius 1 is 1.71 bits per heavy atom. The van der Waals surface area contributed by atoms with Crippen LogP contribution in [0.1, 0.15) is 0 Å². The van der Waals surface area contributed by atoms with E-state index >= 15 is 0 Å². The van der Waals surface area contributed by atoms with Crippen molar-refractivity contribution in [2.75, 3.05) is 6.61 Å². The second kappa shape index (κ2) is 9.97. The van der Waals surface area contributed by atoms with Gasteiger partial charge in [-0.3, -0.25) is 4.57 Å². The molecule has 0 N–H and O–H groups in total. The molecule has 7 heavy (non-hydrogen) atoms. The van der Waals surface area contributed by atoms with Gasteiger partial charge in [0, 0.05) is 29.6 Å². The molecule has 0 heterocycles. The standard InChI is InChI=1S/C2H5O3P.Na/c3-1-2-5-6-4;/h1H,2,6H2;. The number of carbonyl (C=O) groups is 1. The summed E-state index contributed by atoms with van der Waals surface area (Å²) in [7, 11) is -1.20. The first kappa shape index (κ1) is 10.8. The van der Waals surface area contributed by atoms with Crippen LogP contribution in [0.3, 0.4) is 0 Å². The third-order valence-electron chi connectivity index (χ3n) is 0.232. The summed E-state index contributed by atoms with van der Waals surface area (Å²) in [6.45, 7) is -0.0428. The fraction of sp³-hybridized carbons (Fsp3) is 0.500. The van der Waals surface area contributed by atoms with E-state index < -0.39 is 8.69 Å². The van der Waals surface area contributed by atoms with Gasteiger partial charge in [0.05, 0.1) is 0 Å². The van der Waals surface area contributed by atoms with Crippen molar-refractivity contribution in [1.82, 2.24) is 0 Å². The van der Waals surface area contributed by atoms with Crippen molar-refractivity contribution in [1.29, 1.82) is 0 Å². The minimum Gasteiger partial charge on any atom is -0.325 e. The topological polar surface area (TPSA) is 43.4 Å². The summed E-state index contributed by atoms with van der Waals surface area (Å²) in [6, 6.07) is 0. The van der Waals surface area contributed by atoms with E-state index in [0.29, 0.717) is 6.29 Å². The smallest absolute Gasteiger partial charge is 0.180 e. The summed E-state index contributed by atoms with van der Waals surface area (Å²) in [5.41, 5.74) is 0. The van der Waals surface area contributed by atoms with Gasteiger partial charge < -0.3 is 9.32 Å². The largest absolute Gasteiger partial charge is 0.325 e. The number of hydrogen-bond donors (Lipinski definition) is 0. The van der Waals surface area contributed by atoms with Crippen molar-refractivity contribution in [2.24, 2.45) is 0 Å². The third kappa shape index (κ3) is 10.9. The zero-order valence-corrected chi connectivity index (χ0v) is 7.24. The summed E-state index contributed by atoms with van der Waals surface area (Å²) >= 11 is 0. The van der Waals surface area contributed by atoms with Gasteiger partial charge in [0.25, 0.3) is 0 Å². The van der Waals surface area contributed by atoms with Gasteiger partial charge in [0.15, 0.2) is 8.69 Å². The van der Waals surface area contributed by atoms with Crippen molar-refractivity contribution >= 4 is 44.5 Å². The van der Waals surface area contributed by atoms with E-state index in [1.165, 1.54) is 0 Å². The molecule has 0 spiro atoms. The van der Waals surface area contributed by atoms with Gasteiger partial charge in [0.2, 0.25) is 0 Å². The Hall–Kier alpha value is 0.860. The molecule has 0 aromatic carbocycles. The molecule has 0 fully saturated rings. The van der Waals surface area contributed by atoms with Crippen LogP contribution in [-0.2, 0) is 13.9 Å². The SMILES string of the molecule is O=CCO[PH2]=O.[Na]. The third-order valence-corrected chi connectivity index (χ3v) is 0.561. The predicted octanol–water partition coefficient (Wildman–Crippen LogP) is -0.508. The molecule has 0 saturated heterocycles. The molecule has 0 amide bonds. The van der Waals surface area contributed by atoms with Crippen LogP contribution in [0.5, 0.6) is 0 Å². The fourth-order valence-corrected chi connectivity index (χ4v) is 0.236. The Kier molecular flexibility index (Phi) is 15.3. The van der Waals surface area contributed by atoms with Crippen molar-refractivity contribution < 1.29 is 13.9 Å². The van der Waals surface area contributed by atoms with Crippen LogP contribution in [0.25, 0.3) is 0 Å². The zero-order valence-electron chi connectivity index (χ0n) is 4.09. The quantitative estimate of drug-likeness (QED) is 0.224. The minimum atomic E-state index is -1.20. The molecule has 1 atom stereocenters. The summed E-state index contributed by atoms with van der Waals surface area (Å²) in [5, 5.41) is 0. The molecule has 0 aromatic heterocycles. The van der Waals surface area contributed by atoms with Gasteiger partial charge in [-0.1, -0.05) is 0 Å². The van der Waals surface area contributed by atoms with Crippen LogP contribution in [0.4, 0.5) is 0 Å². The first-order valence-corrected chi connectivity index (χ1v) is 2.35. The van der Waals surface area contributed by atoms with E-state index in [1.807, 2.05) is 0 Å². The predicted molar refractivity (Wildman–Crippen MR) is 28.2 cm³/mol. The van der Waals surface area contributed by atoms with E-state index in [4.69, 9.17) is 0 Å². The Bertz CT molecular complexity index is 48.9. The molecule has 1 radical (unpaired) electrons. The molecular weight excluding hydrogens is 126 g/mol. The van der Waals surface area contributed by atoms with Crippen LogP contribution in [0.15, 0.2) is 0 Å². The van der Waals surface area contributed by atoms with Crippen LogP contribution < -0.4 is 0 Å². The monoisotopic (exact) mass is 131 g/mol. The van der Waals surface area contributed by atoms with E-state index in [2.05, 4.69) is 4.52 Å². The first-order chi connectivity index (χ1) is 2.91. The molecular formula is C2H5NaO3P. The van der Waals surface area contributed by atoms with Crippen LogP contribution in [0, 0.1) is 0 Å². The van der Waals surface area contributed by atoms with Gasteiger partial charge in [-0.05, 0) is 0 Å². The first-order valence-electron chi connectivity index (χ1n) is 1.40. The molecule has 0 aliphatic carbocycles. The molecule has 5 heteroatoms. The van der Waals surface area contributed by atoms with Gasteiger partial charge in [-0.25, -0.2) is 0 Å². The van der Waals surface area contributed by atoms with Gasteiger partial charge >= 0.3 is 0 Å². The van der Waals surface area contributed by atoms with Crippen molar-refractivity contribution in [3.63, 3.8) is 0 Å². The molecule has 37 valence electrons. The van der Waals surface area contributed by atoms with Crippen molar-refractivity contribution in [3.8, 4) is 0 Å². The van der Waals surface area contributed by atoms with Crippen molar-refractivity contribution in [3.05, 3.63) is 0 Å². The Balaban J connectivity index is 0. The minimum absolute atomic E-state index is 0. The number of rotatable bonds is 3. The van der Waals surface area contributed by atoms with Gasteiger partial charge in [0.1, 0.15) is 12.9 Å². The summed E-state index contributed by atoms with van der Waals surface area (Å²) < 4.78 is 13.5. The second-order valence-electron chi connectivity index (χ2n) is 0.596. The molecule has 0 aliphatic rings. The van der Waals surface area contributed by atoms with Gasteiger partial charge in [-0.15, -0.1) is 0 Å². The molecule has 0 aliphatic heterocycles. The van der Waals surface area contributed by atoms with E-state index in [9.17, 15) is 9.36 Å². The maximum Gasteiger partial charge on any atom is 0.180 e. The van der Waals surface area contributed by atoms with Crippen LogP contribution in [0.2, 0.25) is 0 Å². The maximum absolute atomic E-state index is 9.39.